The molecule has 0 atom stereocenters. The third kappa shape index (κ3) is 5.58. The minimum absolute atomic E-state index is 0.212. The summed E-state index contributed by atoms with van der Waals surface area (Å²) in [5.41, 5.74) is 3.24. The maximum absolute atomic E-state index is 12.5. The molecule has 1 aliphatic rings. The van der Waals surface area contributed by atoms with Crippen LogP contribution in [-0.2, 0) is 11.3 Å². The van der Waals surface area contributed by atoms with Crippen LogP contribution < -0.4 is 0 Å². The quantitative estimate of drug-likeness (QED) is 0.193. The largest absolute Gasteiger partial charge is 0.444 e. The number of piperidine rings is 1. The molecule has 0 radical (unpaired) electrons. The molecule has 0 saturated carbocycles. The van der Waals surface area contributed by atoms with E-state index in [0.717, 1.165) is 72.2 Å². The molecular formula is C29H33ClN4O2S. The number of likely N-dealkylation sites (tertiary alicyclic amines) is 1. The molecule has 8 heteroatoms. The second-order valence-electron chi connectivity index (χ2n) is 10.6. The Labute approximate surface area is 227 Å². The van der Waals surface area contributed by atoms with Crippen LogP contribution in [0.1, 0.15) is 40.0 Å². The van der Waals surface area contributed by atoms with Gasteiger partial charge in [0.15, 0.2) is 5.15 Å². The lowest BCUT2D eigenvalue weighted by molar-refractivity contribution is 0.0180. The molecule has 1 aliphatic heterocycles. The lowest BCUT2D eigenvalue weighted by Gasteiger charge is -2.33. The molecule has 194 valence electrons. The van der Waals surface area contributed by atoms with Gasteiger partial charge in [0.2, 0.25) is 0 Å². The highest BCUT2D eigenvalue weighted by Crippen LogP contribution is 2.35. The monoisotopic (exact) mass is 536 g/mol. The van der Waals surface area contributed by atoms with E-state index in [4.69, 9.17) is 21.3 Å². The number of halogens is 1. The minimum atomic E-state index is -0.472. The zero-order valence-corrected chi connectivity index (χ0v) is 23.4. The summed E-state index contributed by atoms with van der Waals surface area (Å²) in [6, 6.07) is 16.6. The fourth-order valence-corrected chi connectivity index (χ4v) is 5.65. The Kier molecular flexibility index (Phi) is 7.37. The molecule has 5 rings (SSSR count). The number of thioether (sulfide) groups is 1. The summed E-state index contributed by atoms with van der Waals surface area (Å²) in [6.07, 6.45) is 4.80. The number of aromatic nitrogens is 3. The van der Waals surface area contributed by atoms with E-state index >= 15 is 0 Å². The van der Waals surface area contributed by atoms with Crippen molar-refractivity contribution in [3.05, 3.63) is 53.7 Å². The predicted octanol–water partition coefficient (Wildman–Crippen LogP) is 7.66. The van der Waals surface area contributed by atoms with Crippen LogP contribution in [-0.4, -0.2) is 50.5 Å². The van der Waals surface area contributed by atoms with Gasteiger partial charge >= 0.3 is 6.09 Å². The fraction of sp³-hybridized carbons (Fsp3) is 0.414. The zero-order valence-electron chi connectivity index (χ0n) is 21.8. The van der Waals surface area contributed by atoms with Crippen molar-refractivity contribution < 1.29 is 9.53 Å². The SMILES string of the molecule is CSc1ccc(-c2nc3c(Cl)nc4ccccc4c3n2CCC2CCN(C(=O)OC(C)(C)C)CC2)cc1. The van der Waals surface area contributed by atoms with E-state index in [1.807, 2.05) is 43.9 Å². The molecule has 4 aromatic rings. The van der Waals surface area contributed by atoms with Crippen LogP contribution in [0.5, 0.6) is 0 Å². The third-order valence-electron chi connectivity index (χ3n) is 6.92. The van der Waals surface area contributed by atoms with Crippen LogP contribution in [0.3, 0.4) is 0 Å². The van der Waals surface area contributed by atoms with Crippen LogP contribution in [0.15, 0.2) is 53.4 Å². The number of ether oxygens (including phenoxy) is 1. The number of nitrogens with zero attached hydrogens (tertiary/aromatic N) is 4. The van der Waals surface area contributed by atoms with Crippen LogP contribution >= 0.6 is 23.4 Å². The van der Waals surface area contributed by atoms with Crippen LogP contribution in [0.2, 0.25) is 5.15 Å². The van der Waals surface area contributed by atoms with Gasteiger partial charge in [-0.25, -0.2) is 14.8 Å². The van der Waals surface area contributed by atoms with Crippen molar-refractivity contribution in [2.45, 2.75) is 57.1 Å². The molecule has 0 unspecified atom stereocenters. The van der Waals surface area contributed by atoms with E-state index in [2.05, 4.69) is 46.1 Å². The summed E-state index contributed by atoms with van der Waals surface area (Å²) in [4.78, 5) is 25.2. The summed E-state index contributed by atoms with van der Waals surface area (Å²) < 4.78 is 7.89. The molecule has 1 saturated heterocycles. The van der Waals surface area contributed by atoms with Gasteiger partial charge in [-0.3, -0.25) is 0 Å². The van der Waals surface area contributed by atoms with Crippen LogP contribution in [0.25, 0.3) is 33.3 Å². The molecule has 3 heterocycles. The van der Waals surface area contributed by atoms with Gasteiger partial charge in [-0.1, -0.05) is 41.9 Å². The Hall–Kier alpha value is -2.77. The third-order valence-corrected chi connectivity index (χ3v) is 7.92. The molecule has 0 aliphatic carbocycles. The first kappa shape index (κ1) is 25.9. The Balaban J connectivity index is 1.43. The lowest BCUT2D eigenvalue weighted by atomic mass is 9.93. The first-order chi connectivity index (χ1) is 17.7. The van der Waals surface area contributed by atoms with Crippen molar-refractivity contribution in [2.24, 2.45) is 5.92 Å². The Morgan fingerprint density at radius 2 is 1.78 bits per heavy atom. The van der Waals surface area contributed by atoms with Gasteiger partial charge in [-0.2, -0.15) is 0 Å². The van der Waals surface area contributed by atoms with E-state index in [9.17, 15) is 4.79 Å². The first-order valence-electron chi connectivity index (χ1n) is 12.8. The molecule has 2 aromatic heterocycles. The van der Waals surface area contributed by atoms with Gasteiger partial charge in [0, 0.05) is 35.5 Å². The first-order valence-corrected chi connectivity index (χ1v) is 14.4. The van der Waals surface area contributed by atoms with Crippen molar-refractivity contribution in [2.75, 3.05) is 19.3 Å². The van der Waals surface area contributed by atoms with E-state index in [1.54, 1.807) is 11.8 Å². The van der Waals surface area contributed by atoms with Crippen molar-refractivity contribution in [1.82, 2.24) is 19.4 Å². The van der Waals surface area contributed by atoms with Crippen molar-refractivity contribution in [1.29, 1.82) is 0 Å². The normalized spacial score (nSPS) is 15.0. The standard InChI is InChI=1S/C29H33ClN4O2S/c1-29(2,3)36-28(35)33-16-13-19(14-17-33)15-18-34-25-22-7-5-6-8-23(22)31-26(30)24(25)32-27(34)20-9-11-21(37-4)12-10-20/h5-12,19H,13-18H2,1-4H3. The minimum Gasteiger partial charge on any atom is -0.444 e. The Morgan fingerprint density at radius 1 is 1.08 bits per heavy atom. The maximum Gasteiger partial charge on any atom is 0.410 e. The summed E-state index contributed by atoms with van der Waals surface area (Å²) >= 11 is 8.38. The Morgan fingerprint density at radius 3 is 2.46 bits per heavy atom. The van der Waals surface area contributed by atoms with Gasteiger partial charge in [-0.05, 0) is 70.4 Å². The predicted molar refractivity (Wildman–Crippen MR) is 152 cm³/mol. The van der Waals surface area contributed by atoms with Crippen molar-refractivity contribution in [3.8, 4) is 11.4 Å². The van der Waals surface area contributed by atoms with Gasteiger partial charge < -0.3 is 14.2 Å². The second-order valence-corrected chi connectivity index (χ2v) is 11.9. The van der Waals surface area contributed by atoms with E-state index in [1.165, 1.54) is 4.90 Å². The Bertz CT molecular complexity index is 1420. The average Bonchev–Trinajstić information content (AvgIpc) is 3.27. The molecule has 6 nitrogen and oxygen atoms in total. The molecule has 0 N–H and O–H groups in total. The number of pyridine rings is 1. The summed E-state index contributed by atoms with van der Waals surface area (Å²) in [5.74, 6) is 1.43. The smallest absolute Gasteiger partial charge is 0.410 e. The number of fused-ring (bicyclic) bond motifs is 3. The van der Waals surface area contributed by atoms with Crippen molar-refractivity contribution >= 4 is 51.4 Å². The molecule has 0 bridgehead atoms. The summed E-state index contributed by atoms with van der Waals surface area (Å²) in [6.45, 7) is 8.00. The lowest BCUT2D eigenvalue weighted by Crippen LogP contribution is -2.41. The number of carbonyl (C=O) groups excluding carboxylic acids is 1. The highest BCUT2D eigenvalue weighted by atomic mass is 35.5. The van der Waals surface area contributed by atoms with E-state index < -0.39 is 5.60 Å². The average molecular weight is 537 g/mol. The van der Waals surface area contributed by atoms with E-state index in [-0.39, 0.29) is 6.09 Å². The van der Waals surface area contributed by atoms with Crippen LogP contribution in [0.4, 0.5) is 4.79 Å². The van der Waals surface area contributed by atoms with Gasteiger partial charge in [0.25, 0.3) is 0 Å². The topological polar surface area (TPSA) is 60.2 Å². The zero-order chi connectivity index (χ0) is 26.2. The number of amides is 1. The molecule has 1 amide bonds. The summed E-state index contributed by atoms with van der Waals surface area (Å²) in [5, 5.41) is 1.49. The number of aryl methyl sites for hydroxylation is 1. The number of hydrogen-bond acceptors (Lipinski definition) is 5. The number of imidazole rings is 1. The number of benzene rings is 2. The number of hydrogen-bond donors (Lipinski definition) is 0. The molecule has 0 spiro atoms. The fourth-order valence-electron chi connectivity index (χ4n) is 5.02. The highest BCUT2D eigenvalue weighted by Gasteiger charge is 2.27. The second kappa shape index (κ2) is 10.5. The number of para-hydroxylation sites is 1. The summed E-state index contributed by atoms with van der Waals surface area (Å²) in [7, 11) is 0. The molecular weight excluding hydrogens is 504 g/mol. The van der Waals surface area contributed by atoms with Crippen LogP contribution in [0, 0.1) is 5.92 Å². The maximum atomic E-state index is 12.5. The molecule has 2 aromatic carbocycles. The van der Waals surface area contributed by atoms with Gasteiger partial charge in [0.05, 0.1) is 11.0 Å². The highest BCUT2D eigenvalue weighted by molar-refractivity contribution is 7.98. The molecule has 37 heavy (non-hydrogen) atoms. The molecule has 1 fully saturated rings. The van der Waals surface area contributed by atoms with Gasteiger partial charge in [-0.15, -0.1) is 11.8 Å². The number of rotatable bonds is 5. The van der Waals surface area contributed by atoms with E-state index in [0.29, 0.717) is 11.1 Å². The number of carbonyl (C=O) groups is 1. The van der Waals surface area contributed by atoms with Crippen molar-refractivity contribution in [3.63, 3.8) is 0 Å². The van der Waals surface area contributed by atoms with Gasteiger partial charge in [0.1, 0.15) is 16.9 Å².